The van der Waals surface area contributed by atoms with Gasteiger partial charge in [0.15, 0.2) is 11.5 Å². The third kappa shape index (κ3) is 17.0. The molecule has 0 atom stereocenters. The molecule has 0 N–H and O–H groups in total. The summed E-state index contributed by atoms with van der Waals surface area (Å²) in [7, 11) is 0. The van der Waals surface area contributed by atoms with Crippen molar-refractivity contribution in [1.82, 2.24) is 0 Å². The van der Waals surface area contributed by atoms with Gasteiger partial charge >= 0.3 is 70.6 Å². The first-order valence-corrected chi connectivity index (χ1v) is 25.4. The molecule has 0 aliphatic heterocycles. The molecule has 82 heavy (non-hydrogen) atoms. The zero-order valence-electron chi connectivity index (χ0n) is 41.4. The third-order valence-corrected chi connectivity index (χ3v) is 14.6. The van der Waals surface area contributed by atoms with Crippen molar-refractivity contribution >= 4 is 28.0 Å². The molecule has 6 aromatic carbocycles. The van der Waals surface area contributed by atoms with E-state index >= 15 is 0 Å². The summed E-state index contributed by atoms with van der Waals surface area (Å²) in [6, 6.07) is 7.66. The lowest BCUT2D eigenvalue weighted by Gasteiger charge is -2.46. The Kier molecular flexibility index (Phi) is 20.7. The van der Waals surface area contributed by atoms with E-state index in [4.69, 9.17) is 18.9 Å². The number of hydrogen-bond acceptors (Lipinski definition) is 4. The number of para-hydroxylation sites is 2. The van der Waals surface area contributed by atoms with Crippen LogP contribution in [0.5, 0.6) is 11.5 Å². The molecule has 0 saturated carbocycles. The quantitative estimate of drug-likeness (QED) is 0.0419. The van der Waals surface area contributed by atoms with Gasteiger partial charge in [0.1, 0.15) is 19.4 Å². The normalized spacial score (nSPS) is 13.2. The van der Waals surface area contributed by atoms with Crippen LogP contribution >= 0.6 is 0 Å². The van der Waals surface area contributed by atoms with Crippen LogP contribution in [-0.4, -0.2) is 45.8 Å². The fourth-order valence-electron chi connectivity index (χ4n) is 8.17. The molecule has 0 aliphatic carbocycles. The molecule has 0 spiro atoms. The van der Waals surface area contributed by atoms with E-state index in [2.05, 4.69) is 24.3 Å². The average molecular weight is 1320 g/mol. The molecule has 4 nitrogen and oxygen atoms in total. The minimum absolute atomic E-state index is 0.398. The Morgan fingerprint density at radius 1 is 0.305 bits per heavy atom. The van der Waals surface area contributed by atoms with Crippen LogP contribution < -0.4 is 52.5 Å². The van der Waals surface area contributed by atoms with Crippen molar-refractivity contribution in [3.05, 3.63) is 173 Å². The maximum absolute atomic E-state index is 14.2. The number of benzene rings is 6. The molecule has 30 heteroatoms. The lowest BCUT2D eigenvalue weighted by atomic mass is 9.12. The highest BCUT2D eigenvalue weighted by Gasteiger charge is 2.47. The zero-order valence-corrected chi connectivity index (χ0v) is 43.6. The maximum Gasteiger partial charge on any atom is 0.416 e. The largest absolute Gasteiger partial charge is 0.486 e. The third-order valence-electron chi connectivity index (χ3n) is 11.7. The molecule has 6 aromatic rings. The first-order valence-electron chi connectivity index (χ1n) is 23.2. The Labute approximate surface area is 459 Å². The van der Waals surface area contributed by atoms with E-state index in [1.165, 1.54) is 7.14 Å². The Hall–Kier alpha value is -6.05. The fourth-order valence-corrected chi connectivity index (χ4v) is 10.8. The van der Waals surface area contributed by atoms with Crippen LogP contribution in [0.2, 0.25) is 0 Å². The highest BCUT2D eigenvalue weighted by Crippen LogP contribution is 2.41. The summed E-state index contributed by atoms with van der Waals surface area (Å²) < 4.78 is 366. The van der Waals surface area contributed by atoms with Crippen molar-refractivity contribution in [2.75, 3.05) is 39.6 Å². The van der Waals surface area contributed by atoms with Crippen molar-refractivity contribution in [1.29, 1.82) is 0 Å². The van der Waals surface area contributed by atoms with E-state index in [-0.39, 0.29) is 0 Å². The van der Waals surface area contributed by atoms with Gasteiger partial charge in [-0.05, 0) is 62.4 Å². The Bertz CT molecular complexity index is 2630. The SMILES string of the molecule is CCOCCOc1ccccc1[I+]c1ccccc1OCCOCC.FC(F)(F)c1cc([B-](c2cc(C(F)(F)F)cc(C(F)(F)F)c2)(c2cc(C(F)(F)F)cc(C(F)(F)F)c2)c2cc(C(F)(F)F)cc(C(F)(F)F)c2)cc(C(F)(F)F)c1. The molecule has 0 amide bonds. The van der Waals surface area contributed by atoms with Gasteiger partial charge in [-0.2, -0.15) is 127 Å². The van der Waals surface area contributed by atoms with Crippen molar-refractivity contribution in [2.45, 2.75) is 63.3 Å². The van der Waals surface area contributed by atoms with E-state index < -0.39 is 216 Å². The van der Waals surface area contributed by atoms with Crippen molar-refractivity contribution in [2.24, 2.45) is 0 Å². The molecular formula is C52H38BF24IO4. The molecule has 0 unspecified atom stereocenters. The second-order valence-corrected chi connectivity index (χ2v) is 20.1. The van der Waals surface area contributed by atoms with E-state index in [0.717, 1.165) is 11.5 Å². The van der Waals surface area contributed by atoms with Gasteiger partial charge in [0.25, 0.3) is 0 Å². The summed E-state index contributed by atoms with van der Waals surface area (Å²) in [5, 5.41) is 0. The number of hydrogen-bond donors (Lipinski definition) is 0. The number of halogens is 25. The van der Waals surface area contributed by atoms with Crippen LogP contribution in [0.3, 0.4) is 0 Å². The lowest BCUT2D eigenvalue weighted by Crippen LogP contribution is -3.61. The van der Waals surface area contributed by atoms with E-state index in [9.17, 15) is 105 Å². The van der Waals surface area contributed by atoms with Gasteiger partial charge in [-0.1, -0.05) is 72.8 Å². The summed E-state index contributed by atoms with van der Waals surface area (Å²) in [5.74, 6) is 1.89. The van der Waals surface area contributed by atoms with Gasteiger partial charge in [0.05, 0.1) is 57.7 Å². The number of alkyl halides is 24. The molecule has 0 fully saturated rings. The smallest absolute Gasteiger partial charge is 0.416 e. The maximum atomic E-state index is 14.2. The minimum atomic E-state index is -6.13. The highest BCUT2D eigenvalue weighted by molar-refractivity contribution is 7.20. The second-order valence-electron chi connectivity index (χ2n) is 17.3. The molecule has 0 heterocycles. The predicted molar refractivity (Wildman–Crippen MR) is 244 cm³/mol. The highest BCUT2D eigenvalue weighted by atomic mass is 127. The zero-order chi connectivity index (χ0) is 61.7. The Morgan fingerprint density at radius 3 is 0.707 bits per heavy atom. The summed E-state index contributed by atoms with van der Waals surface area (Å²) in [6.07, 6.45) is -54.8. The van der Waals surface area contributed by atoms with E-state index in [1.807, 2.05) is 38.1 Å². The van der Waals surface area contributed by atoms with Crippen LogP contribution in [0.25, 0.3) is 0 Å². The van der Waals surface area contributed by atoms with Gasteiger partial charge in [-0.15, -0.1) is 0 Å². The summed E-state index contributed by atoms with van der Waals surface area (Å²) in [6.45, 7) is 7.77. The minimum Gasteiger partial charge on any atom is -0.486 e. The van der Waals surface area contributed by atoms with Gasteiger partial charge in [0, 0.05) is 13.2 Å². The van der Waals surface area contributed by atoms with Gasteiger partial charge in [-0.25, -0.2) is 0 Å². The topological polar surface area (TPSA) is 36.9 Å². The Balaban J connectivity index is 0.000000409. The monoisotopic (exact) mass is 1320 g/mol. The molecular weight excluding hydrogens is 1280 g/mol. The first kappa shape index (κ1) is 66.8. The fraction of sp³-hybridized carbons (Fsp3) is 0.308. The van der Waals surface area contributed by atoms with Crippen LogP contribution in [-0.2, 0) is 58.9 Å². The van der Waals surface area contributed by atoms with Crippen LogP contribution in [0, 0.1) is 7.14 Å². The van der Waals surface area contributed by atoms with Crippen molar-refractivity contribution in [3.8, 4) is 11.5 Å². The molecule has 6 rings (SSSR count). The average Bonchev–Trinajstić information content (AvgIpc) is 1.89. The second kappa shape index (κ2) is 25.4. The Morgan fingerprint density at radius 2 is 0.512 bits per heavy atom. The van der Waals surface area contributed by atoms with E-state index in [1.54, 1.807) is 0 Å². The standard InChI is InChI=1S/C32H12BF24.C20H26IO4/c34-25(35,36)13-1-14(26(37,38)39)6-21(5-13)33(22-7-15(27(40,41)42)2-16(8-22)28(43,44)45,23-9-17(29(46,47)48)3-18(10-23)30(49,50)51)24-11-19(31(52,53)54)4-20(12-24)32(55,56)57;1-3-22-13-15-24-19-11-7-5-9-17(19)21-18-10-6-8-12-20(18)25-16-14-23-4-2/h1-12H;5-12H,3-4,13-16H2,1-2H3/q-1;+1. The van der Waals surface area contributed by atoms with Crippen molar-refractivity contribution in [3.63, 3.8) is 0 Å². The number of rotatable bonds is 16. The van der Waals surface area contributed by atoms with Gasteiger partial charge in [0.2, 0.25) is 7.14 Å². The van der Waals surface area contributed by atoms with Crippen LogP contribution in [0.15, 0.2) is 121 Å². The van der Waals surface area contributed by atoms with Crippen molar-refractivity contribution < 1.29 is 146 Å². The molecule has 0 saturated heterocycles. The first-order chi connectivity index (χ1) is 37.6. The summed E-state index contributed by atoms with van der Waals surface area (Å²) in [4.78, 5) is 0. The molecule has 448 valence electrons. The van der Waals surface area contributed by atoms with E-state index in [0.29, 0.717) is 39.6 Å². The summed E-state index contributed by atoms with van der Waals surface area (Å²) >= 11 is -0.398. The molecule has 0 radical (unpaired) electrons. The summed E-state index contributed by atoms with van der Waals surface area (Å²) in [5.41, 5.74) is -30.2. The predicted octanol–water partition coefficient (Wildman–Crippen LogP) is 11.9. The molecule has 0 bridgehead atoms. The van der Waals surface area contributed by atoms with Crippen LogP contribution in [0.1, 0.15) is 58.4 Å². The van der Waals surface area contributed by atoms with Crippen LogP contribution in [0.4, 0.5) is 105 Å². The number of ether oxygens (including phenoxy) is 4. The molecule has 0 aliphatic rings. The van der Waals surface area contributed by atoms with Gasteiger partial charge in [-0.3, -0.25) is 0 Å². The van der Waals surface area contributed by atoms with Gasteiger partial charge < -0.3 is 18.9 Å². The lowest BCUT2D eigenvalue weighted by molar-refractivity contribution is -0.599. The molecule has 0 aromatic heterocycles.